The van der Waals surface area contributed by atoms with E-state index >= 15 is 0 Å². The quantitative estimate of drug-likeness (QED) is 0.706. The fourth-order valence-corrected chi connectivity index (χ4v) is 4.05. The molecule has 6 atom stereocenters. The zero-order valence-corrected chi connectivity index (χ0v) is 10.3. The van der Waals surface area contributed by atoms with E-state index in [0.29, 0.717) is 5.92 Å². The maximum absolute atomic E-state index is 9.58. The topological polar surface area (TPSA) is 20.2 Å². The van der Waals surface area contributed by atoms with Crippen molar-refractivity contribution in [3.05, 3.63) is 23.8 Å². The van der Waals surface area contributed by atoms with Crippen LogP contribution >= 0.6 is 0 Å². The molecule has 0 amide bonds. The third kappa shape index (κ3) is 1.48. The molecule has 0 saturated heterocycles. The van der Waals surface area contributed by atoms with Gasteiger partial charge in [0, 0.05) is 0 Å². The molecule has 1 heteroatoms. The Morgan fingerprint density at radius 1 is 1.44 bits per heavy atom. The van der Waals surface area contributed by atoms with Gasteiger partial charge in [0.2, 0.25) is 0 Å². The number of allylic oxidation sites excluding steroid dienone is 3. The van der Waals surface area contributed by atoms with Gasteiger partial charge in [0.1, 0.15) is 0 Å². The third-order valence-corrected chi connectivity index (χ3v) is 5.10. The summed E-state index contributed by atoms with van der Waals surface area (Å²) in [6.07, 6.45) is 11.0. The van der Waals surface area contributed by atoms with Gasteiger partial charge >= 0.3 is 0 Å². The summed E-state index contributed by atoms with van der Waals surface area (Å²) in [6, 6.07) is 0. The summed E-state index contributed by atoms with van der Waals surface area (Å²) < 4.78 is 0. The van der Waals surface area contributed by atoms with Crippen molar-refractivity contribution < 1.29 is 5.11 Å². The molecule has 3 aliphatic rings. The highest BCUT2D eigenvalue weighted by Gasteiger charge is 2.49. The first-order valence-electron chi connectivity index (χ1n) is 6.72. The maximum atomic E-state index is 9.58. The van der Waals surface area contributed by atoms with Crippen LogP contribution in [0.15, 0.2) is 23.8 Å². The average molecular weight is 218 g/mol. The minimum atomic E-state index is -0.207. The van der Waals surface area contributed by atoms with Crippen molar-refractivity contribution >= 4 is 0 Å². The minimum Gasteiger partial charge on any atom is -0.393 e. The molecule has 0 aromatic carbocycles. The molecule has 0 aromatic heterocycles. The summed E-state index contributed by atoms with van der Waals surface area (Å²) in [5, 5.41) is 9.58. The van der Waals surface area contributed by atoms with Gasteiger partial charge in [0.05, 0.1) is 6.10 Å². The summed E-state index contributed by atoms with van der Waals surface area (Å²) in [6.45, 7) is 4.03. The summed E-state index contributed by atoms with van der Waals surface area (Å²) in [5.74, 6) is 3.88. The molecule has 0 spiro atoms. The third-order valence-electron chi connectivity index (χ3n) is 5.10. The first-order chi connectivity index (χ1) is 7.66. The van der Waals surface area contributed by atoms with Gasteiger partial charge in [-0.15, -0.1) is 0 Å². The predicted octanol–water partition coefficient (Wildman–Crippen LogP) is 3.16. The lowest BCUT2D eigenvalue weighted by molar-refractivity contribution is 0.156. The number of rotatable bonds is 2. The van der Waals surface area contributed by atoms with Gasteiger partial charge in [-0.3, -0.25) is 0 Å². The van der Waals surface area contributed by atoms with Gasteiger partial charge in [0.25, 0.3) is 0 Å². The Hall–Kier alpha value is -0.560. The van der Waals surface area contributed by atoms with E-state index in [1.807, 2.05) is 6.92 Å². The predicted molar refractivity (Wildman–Crippen MR) is 65.9 cm³/mol. The van der Waals surface area contributed by atoms with E-state index in [9.17, 15) is 5.11 Å². The van der Waals surface area contributed by atoms with Crippen LogP contribution in [0.4, 0.5) is 0 Å². The number of hydrogen-bond acceptors (Lipinski definition) is 1. The summed E-state index contributed by atoms with van der Waals surface area (Å²) in [7, 11) is 0. The summed E-state index contributed by atoms with van der Waals surface area (Å²) >= 11 is 0. The van der Waals surface area contributed by atoms with Crippen molar-refractivity contribution in [1.82, 2.24) is 0 Å². The molecule has 3 aliphatic carbocycles. The van der Waals surface area contributed by atoms with Crippen LogP contribution in [0.3, 0.4) is 0 Å². The van der Waals surface area contributed by atoms with Crippen molar-refractivity contribution in [3.8, 4) is 0 Å². The van der Waals surface area contributed by atoms with Gasteiger partial charge in [0.15, 0.2) is 0 Å². The lowest BCUT2D eigenvalue weighted by atomic mass is 9.78. The van der Waals surface area contributed by atoms with E-state index in [1.165, 1.54) is 19.3 Å². The second kappa shape index (κ2) is 3.73. The molecule has 2 bridgehead atoms. The van der Waals surface area contributed by atoms with Gasteiger partial charge in [-0.05, 0) is 55.8 Å². The van der Waals surface area contributed by atoms with Crippen molar-refractivity contribution in [1.29, 1.82) is 0 Å². The fraction of sp³-hybridized carbons (Fsp3) is 0.733. The van der Waals surface area contributed by atoms with Crippen LogP contribution in [0.2, 0.25) is 0 Å². The van der Waals surface area contributed by atoms with Crippen molar-refractivity contribution in [2.24, 2.45) is 29.6 Å². The van der Waals surface area contributed by atoms with Crippen LogP contribution < -0.4 is 0 Å². The normalized spacial score (nSPS) is 46.3. The summed E-state index contributed by atoms with van der Waals surface area (Å²) in [5.41, 5.74) is 1.64. The standard InChI is InChI=1S/C15H22O/c1-9(10(2)16)6-11-7-12-8-15(11)14-5-3-4-13(12)14/h3,5-6,9-10,12-16H,4,7-8H2,1-2H3/t9?,10-,12-,13+,14+,15-/m1/s1. The number of fused-ring (bicyclic) bond motifs is 5. The van der Waals surface area contributed by atoms with E-state index in [4.69, 9.17) is 0 Å². The van der Waals surface area contributed by atoms with Crippen LogP contribution in [0, 0.1) is 29.6 Å². The van der Waals surface area contributed by atoms with Gasteiger partial charge in [-0.25, -0.2) is 0 Å². The smallest absolute Gasteiger partial charge is 0.0572 e. The molecular formula is C15H22O. The molecule has 0 heterocycles. The maximum Gasteiger partial charge on any atom is 0.0572 e. The molecule has 2 fully saturated rings. The van der Waals surface area contributed by atoms with E-state index < -0.39 is 0 Å². The van der Waals surface area contributed by atoms with Gasteiger partial charge < -0.3 is 5.11 Å². The van der Waals surface area contributed by atoms with Gasteiger partial charge in [-0.1, -0.05) is 30.7 Å². The van der Waals surface area contributed by atoms with E-state index in [2.05, 4.69) is 25.2 Å². The van der Waals surface area contributed by atoms with Crippen LogP contribution in [0.5, 0.6) is 0 Å². The van der Waals surface area contributed by atoms with Crippen molar-refractivity contribution in [3.63, 3.8) is 0 Å². The zero-order chi connectivity index (χ0) is 11.3. The summed E-state index contributed by atoms with van der Waals surface area (Å²) in [4.78, 5) is 0. The average Bonchev–Trinajstić information content (AvgIpc) is 2.87. The number of aliphatic hydroxyl groups excluding tert-OH is 1. The Morgan fingerprint density at radius 2 is 2.25 bits per heavy atom. The van der Waals surface area contributed by atoms with Crippen LogP contribution in [0.25, 0.3) is 0 Å². The molecule has 0 radical (unpaired) electrons. The molecule has 3 rings (SSSR count). The van der Waals surface area contributed by atoms with Crippen molar-refractivity contribution in [2.75, 3.05) is 0 Å². The zero-order valence-electron chi connectivity index (χ0n) is 10.3. The SMILES string of the molecule is CC(C=C1C[C@@H]2C[C@H]1[C@H]1C=CC[C@@H]21)[C@@H](C)O. The highest BCUT2D eigenvalue weighted by molar-refractivity contribution is 5.27. The molecular weight excluding hydrogens is 196 g/mol. The van der Waals surface area contributed by atoms with E-state index in [-0.39, 0.29) is 6.10 Å². The lowest BCUT2D eigenvalue weighted by Gasteiger charge is -2.27. The molecule has 1 unspecified atom stereocenters. The Balaban J connectivity index is 1.79. The second-order valence-corrected chi connectivity index (χ2v) is 6.05. The molecule has 1 N–H and O–H groups in total. The number of aliphatic hydroxyl groups is 1. The fourth-order valence-electron chi connectivity index (χ4n) is 4.05. The largest absolute Gasteiger partial charge is 0.393 e. The molecule has 16 heavy (non-hydrogen) atoms. The lowest BCUT2D eigenvalue weighted by Crippen LogP contribution is -2.20. The van der Waals surface area contributed by atoms with Crippen molar-refractivity contribution in [2.45, 2.75) is 39.2 Å². The minimum absolute atomic E-state index is 0.207. The molecule has 1 nitrogen and oxygen atoms in total. The number of hydrogen-bond donors (Lipinski definition) is 1. The van der Waals surface area contributed by atoms with E-state index in [0.717, 1.165) is 23.7 Å². The Bertz CT molecular complexity index is 339. The molecule has 88 valence electrons. The Morgan fingerprint density at radius 3 is 3.00 bits per heavy atom. The van der Waals surface area contributed by atoms with Crippen LogP contribution in [-0.4, -0.2) is 11.2 Å². The Kier molecular flexibility index (Phi) is 2.47. The highest BCUT2D eigenvalue weighted by atomic mass is 16.3. The monoisotopic (exact) mass is 218 g/mol. The van der Waals surface area contributed by atoms with Crippen LogP contribution in [-0.2, 0) is 0 Å². The molecule has 0 aromatic rings. The Labute approximate surface area is 98.2 Å². The molecule has 0 aliphatic heterocycles. The van der Waals surface area contributed by atoms with E-state index in [1.54, 1.807) is 5.57 Å². The first kappa shape index (κ1) is 10.6. The molecule has 2 saturated carbocycles. The first-order valence-corrected chi connectivity index (χ1v) is 6.72. The second-order valence-electron chi connectivity index (χ2n) is 6.05. The van der Waals surface area contributed by atoms with Crippen LogP contribution in [0.1, 0.15) is 33.1 Å². The van der Waals surface area contributed by atoms with Gasteiger partial charge in [-0.2, -0.15) is 0 Å². The highest BCUT2D eigenvalue weighted by Crippen LogP contribution is 2.58.